The van der Waals surface area contributed by atoms with Gasteiger partial charge in [-0.05, 0) is 74.3 Å². The number of imidazole rings is 1. The predicted molar refractivity (Wildman–Crippen MR) is 156 cm³/mol. The SMILES string of the molecule is O=C(O)c1ccc2nc(CN3CCC(c4cccc(OCc5ccc6nccnc6c5)n4)CC3)n(C[C@@H]3CCO3)c2c1. The average molecular weight is 565 g/mol. The van der Waals surface area contributed by atoms with Crippen LogP contribution >= 0.6 is 0 Å². The van der Waals surface area contributed by atoms with E-state index >= 15 is 0 Å². The summed E-state index contributed by atoms with van der Waals surface area (Å²) in [7, 11) is 0. The molecule has 10 heteroatoms. The molecule has 2 fully saturated rings. The Morgan fingerprint density at radius 3 is 2.55 bits per heavy atom. The molecule has 1 atom stereocenters. The summed E-state index contributed by atoms with van der Waals surface area (Å²) in [5.41, 5.74) is 5.75. The number of pyridine rings is 1. The molecule has 5 heterocycles. The first kappa shape index (κ1) is 26.5. The van der Waals surface area contributed by atoms with E-state index in [1.807, 2.05) is 36.4 Å². The minimum absolute atomic E-state index is 0.149. The van der Waals surface area contributed by atoms with Crippen LogP contribution in [0.15, 0.2) is 67.0 Å². The topological polar surface area (TPSA) is 115 Å². The number of likely N-dealkylation sites (tertiary alicyclic amines) is 1. The van der Waals surface area contributed by atoms with Gasteiger partial charge in [-0.3, -0.25) is 14.9 Å². The molecule has 3 aromatic heterocycles. The number of aromatic nitrogens is 5. The zero-order chi connectivity index (χ0) is 28.5. The summed E-state index contributed by atoms with van der Waals surface area (Å²) in [6, 6.07) is 17.2. The van der Waals surface area contributed by atoms with Crippen LogP contribution in [0.3, 0.4) is 0 Å². The van der Waals surface area contributed by atoms with E-state index in [4.69, 9.17) is 19.4 Å². The highest BCUT2D eigenvalue weighted by atomic mass is 16.5. The number of aromatic carboxylic acids is 1. The van der Waals surface area contributed by atoms with E-state index in [0.717, 1.165) is 78.1 Å². The van der Waals surface area contributed by atoms with Crippen LogP contribution in [0, 0.1) is 0 Å². The first-order valence-electron chi connectivity index (χ1n) is 14.4. The van der Waals surface area contributed by atoms with Crippen LogP contribution in [0.5, 0.6) is 5.88 Å². The predicted octanol–water partition coefficient (Wildman–Crippen LogP) is 4.82. The Balaban J connectivity index is 1.000. The van der Waals surface area contributed by atoms with Crippen molar-refractivity contribution in [2.45, 2.75) is 51.0 Å². The van der Waals surface area contributed by atoms with E-state index in [0.29, 0.717) is 31.5 Å². The van der Waals surface area contributed by atoms with Crippen molar-refractivity contribution in [1.82, 2.24) is 29.4 Å². The molecule has 0 radical (unpaired) electrons. The van der Waals surface area contributed by atoms with E-state index in [1.54, 1.807) is 24.5 Å². The van der Waals surface area contributed by atoms with Crippen molar-refractivity contribution in [3.63, 3.8) is 0 Å². The zero-order valence-electron chi connectivity index (χ0n) is 23.2. The largest absolute Gasteiger partial charge is 0.478 e. The number of ether oxygens (including phenoxy) is 2. The minimum Gasteiger partial charge on any atom is -0.478 e. The maximum absolute atomic E-state index is 11.6. The Kier molecular flexibility index (Phi) is 7.23. The van der Waals surface area contributed by atoms with Gasteiger partial charge in [0.15, 0.2) is 0 Å². The molecule has 1 N–H and O–H groups in total. The number of carbonyl (C=O) groups is 1. The van der Waals surface area contributed by atoms with E-state index < -0.39 is 5.97 Å². The Morgan fingerprint density at radius 2 is 1.76 bits per heavy atom. The molecular formula is C32H32N6O4. The fourth-order valence-electron chi connectivity index (χ4n) is 5.84. The molecule has 0 spiro atoms. The lowest BCUT2D eigenvalue weighted by molar-refractivity contribution is -0.0592. The van der Waals surface area contributed by atoms with Gasteiger partial charge in [-0.15, -0.1) is 0 Å². The number of hydrogen-bond acceptors (Lipinski definition) is 8. The van der Waals surface area contributed by atoms with Gasteiger partial charge in [0.2, 0.25) is 5.88 Å². The van der Waals surface area contributed by atoms with Crippen LogP contribution in [-0.4, -0.2) is 66.3 Å². The van der Waals surface area contributed by atoms with Crippen molar-refractivity contribution in [2.24, 2.45) is 0 Å². The van der Waals surface area contributed by atoms with Gasteiger partial charge in [0.25, 0.3) is 0 Å². The van der Waals surface area contributed by atoms with Crippen molar-refractivity contribution in [3.05, 3.63) is 89.6 Å². The molecule has 214 valence electrons. The van der Waals surface area contributed by atoms with Crippen molar-refractivity contribution < 1.29 is 19.4 Å². The van der Waals surface area contributed by atoms with Gasteiger partial charge in [0.1, 0.15) is 12.4 Å². The summed E-state index contributed by atoms with van der Waals surface area (Å²) >= 11 is 0. The second-order valence-corrected chi connectivity index (χ2v) is 11.0. The number of fused-ring (bicyclic) bond motifs is 2. The number of benzene rings is 2. The van der Waals surface area contributed by atoms with Crippen molar-refractivity contribution in [3.8, 4) is 5.88 Å². The smallest absolute Gasteiger partial charge is 0.335 e. The number of nitrogens with zero attached hydrogens (tertiary/aromatic N) is 6. The van der Waals surface area contributed by atoms with Gasteiger partial charge in [0.05, 0.1) is 46.8 Å². The maximum Gasteiger partial charge on any atom is 0.335 e. The monoisotopic (exact) mass is 564 g/mol. The maximum atomic E-state index is 11.6. The van der Waals surface area contributed by atoms with Crippen LogP contribution in [-0.2, 0) is 24.4 Å². The van der Waals surface area contributed by atoms with Crippen molar-refractivity contribution >= 4 is 28.0 Å². The Hall–Kier alpha value is -4.41. The highest BCUT2D eigenvalue weighted by Crippen LogP contribution is 2.30. The molecule has 2 aliphatic rings. The molecule has 2 aliphatic heterocycles. The van der Waals surface area contributed by atoms with Crippen LogP contribution in [0.25, 0.3) is 22.1 Å². The van der Waals surface area contributed by atoms with Gasteiger partial charge in [0, 0.05) is 36.7 Å². The van der Waals surface area contributed by atoms with E-state index in [9.17, 15) is 9.90 Å². The van der Waals surface area contributed by atoms with Crippen LogP contribution in [0.1, 0.15) is 52.6 Å². The summed E-state index contributed by atoms with van der Waals surface area (Å²) in [5, 5.41) is 9.52. The third-order valence-electron chi connectivity index (χ3n) is 8.29. The molecule has 42 heavy (non-hydrogen) atoms. The molecule has 2 saturated heterocycles. The Bertz CT molecular complexity index is 1740. The lowest BCUT2D eigenvalue weighted by Gasteiger charge is -2.32. The normalized spacial score (nSPS) is 17.9. The second-order valence-electron chi connectivity index (χ2n) is 11.0. The minimum atomic E-state index is -0.931. The lowest BCUT2D eigenvalue weighted by atomic mass is 9.93. The quantitative estimate of drug-likeness (QED) is 0.269. The van der Waals surface area contributed by atoms with Gasteiger partial charge in [-0.25, -0.2) is 14.8 Å². The molecule has 0 aliphatic carbocycles. The summed E-state index contributed by atoms with van der Waals surface area (Å²) < 4.78 is 13.9. The summed E-state index contributed by atoms with van der Waals surface area (Å²) in [5.74, 6) is 1.01. The molecule has 5 aromatic rings. The highest BCUT2D eigenvalue weighted by Gasteiger charge is 2.26. The summed E-state index contributed by atoms with van der Waals surface area (Å²) in [6.45, 7) is 4.46. The van der Waals surface area contributed by atoms with Crippen molar-refractivity contribution in [1.29, 1.82) is 0 Å². The third kappa shape index (κ3) is 5.55. The number of carboxylic acids is 1. The van der Waals surface area contributed by atoms with Crippen LogP contribution in [0.2, 0.25) is 0 Å². The summed E-state index contributed by atoms with van der Waals surface area (Å²) in [4.78, 5) is 32.5. The fraction of sp³-hybridized carbons (Fsp3) is 0.344. The van der Waals surface area contributed by atoms with Gasteiger partial charge in [-0.1, -0.05) is 12.1 Å². The molecule has 0 saturated carbocycles. The van der Waals surface area contributed by atoms with E-state index in [-0.39, 0.29) is 11.7 Å². The molecule has 10 nitrogen and oxygen atoms in total. The van der Waals surface area contributed by atoms with Crippen molar-refractivity contribution in [2.75, 3.05) is 19.7 Å². The Morgan fingerprint density at radius 1 is 0.952 bits per heavy atom. The fourth-order valence-corrected chi connectivity index (χ4v) is 5.84. The number of carboxylic acid groups (broad SMARTS) is 1. The van der Waals surface area contributed by atoms with E-state index in [2.05, 4.69) is 25.5 Å². The molecule has 7 rings (SSSR count). The van der Waals surface area contributed by atoms with Gasteiger partial charge in [-0.2, -0.15) is 0 Å². The summed E-state index contributed by atoms with van der Waals surface area (Å²) in [6.07, 6.45) is 6.54. The highest BCUT2D eigenvalue weighted by molar-refractivity contribution is 5.92. The molecule has 0 unspecified atom stereocenters. The first-order chi connectivity index (χ1) is 20.6. The van der Waals surface area contributed by atoms with Crippen LogP contribution < -0.4 is 4.74 Å². The van der Waals surface area contributed by atoms with Crippen LogP contribution in [0.4, 0.5) is 0 Å². The van der Waals surface area contributed by atoms with E-state index in [1.165, 1.54) is 0 Å². The first-order valence-corrected chi connectivity index (χ1v) is 14.4. The molecular weight excluding hydrogens is 532 g/mol. The molecule has 0 amide bonds. The van der Waals surface area contributed by atoms with Gasteiger partial charge >= 0.3 is 5.97 Å². The standard InChI is InChI=1S/C32H32N6O4/c39-32(40)23-5-7-27-29(17-23)38(18-24-10-15-41-24)30(35-27)19-37-13-8-22(9-14-37)25-2-1-3-31(36-25)42-20-21-4-6-26-28(16-21)34-12-11-33-26/h1-7,11-12,16-17,22,24H,8-10,13-15,18-20H2,(H,39,40)/t24-/m0/s1. The zero-order valence-corrected chi connectivity index (χ0v) is 23.2. The molecule has 2 aromatic carbocycles. The Labute approximate surface area is 243 Å². The number of rotatable bonds is 9. The van der Waals surface area contributed by atoms with Gasteiger partial charge < -0.3 is 19.1 Å². The third-order valence-corrected chi connectivity index (χ3v) is 8.29. The number of piperidine rings is 1. The molecule has 0 bridgehead atoms. The number of hydrogen-bond donors (Lipinski definition) is 1. The second kappa shape index (κ2) is 11.5. The average Bonchev–Trinajstić information content (AvgIpc) is 3.34. The lowest BCUT2D eigenvalue weighted by Crippen LogP contribution is -2.35.